The lowest BCUT2D eigenvalue weighted by Gasteiger charge is -2.39. The molecule has 0 radical (unpaired) electrons. The van der Waals surface area contributed by atoms with E-state index in [1.807, 2.05) is 53.4 Å². The van der Waals surface area contributed by atoms with Crippen LogP contribution in [0.5, 0.6) is 5.75 Å². The van der Waals surface area contributed by atoms with Crippen molar-refractivity contribution in [1.29, 1.82) is 0 Å². The lowest BCUT2D eigenvalue weighted by Crippen LogP contribution is -2.57. The van der Waals surface area contributed by atoms with Gasteiger partial charge in [-0.05, 0) is 43.5 Å². The van der Waals surface area contributed by atoms with Gasteiger partial charge in [0.2, 0.25) is 5.91 Å². The van der Waals surface area contributed by atoms with Crippen molar-refractivity contribution in [2.45, 2.75) is 32.0 Å². The first-order valence-corrected chi connectivity index (χ1v) is 12.4. The minimum absolute atomic E-state index is 0.00879. The first kappa shape index (κ1) is 25.0. The van der Waals surface area contributed by atoms with Gasteiger partial charge in [-0.15, -0.1) is 0 Å². The number of amides is 2. The number of carbonyl (C=O) groups is 2. The molecule has 0 aliphatic carbocycles. The molecule has 4 rings (SSSR count). The zero-order valence-electron chi connectivity index (χ0n) is 20.4. The zero-order valence-corrected chi connectivity index (χ0v) is 20.4. The van der Waals surface area contributed by atoms with E-state index >= 15 is 0 Å². The standard InChI is InChI=1S/C27H36N4O4/c1-34-24-10-6-5-9-23(24)19-30-15-17-31(18-16-30)26(32)25(22-11-13-28-14-12-22)29-27(33)35-20-21-7-3-2-4-8-21/h2-10,22,25,28H,11-20H2,1H3,(H,29,33)/t25-/m1/s1. The molecule has 2 saturated heterocycles. The average molecular weight is 481 g/mol. The molecule has 35 heavy (non-hydrogen) atoms. The summed E-state index contributed by atoms with van der Waals surface area (Å²) in [6, 6.07) is 17.0. The molecule has 0 saturated carbocycles. The van der Waals surface area contributed by atoms with Gasteiger partial charge in [-0.3, -0.25) is 9.69 Å². The van der Waals surface area contributed by atoms with Crippen LogP contribution in [0.2, 0.25) is 0 Å². The SMILES string of the molecule is COc1ccccc1CN1CCN(C(=O)[C@H](NC(=O)OCc2ccccc2)C2CCNCC2)CC1. The summed E-state index contributed by atoms with van der Waals surface area (Å²) >= 11 is 0. The van der Waals surface area contributed by atoms with E-state index in [0.717, 1.165) is 62.4 Å². The normalized spacial score (nSPS) is 18.0. The number of hydrogen-bond donors (Lipinski definition) is 2. The van der Waals surface area contributed by atoms with Gasteiger partial charge >= 0.3 is 6.09 Å². The molecule has 2 fully saturated rings. The summed E-state index contributed by atoms with van der Waals surface area (Å²) in [5.74, 6) is 0.973. The van der Waals surface area contributed by atoms with Crippen LogP contribution < -0.4 is 15.4 Å². The number of methoxy groups -OCH3 is 1. The van der Waals surface area contributed by atoms with E-state index in [9.17, 15) is 9.59 Å². The summed E-state index contributed by atoms with van der Waals surface area (Å²) in [5, 5.41) is 6.25. The lowest BCUT2D eigenvalue weighted by atomic mass is 9.89. The lowest BCUT2D eigenvalue weighted by molar-refractivity contribution is -0.136. The molecule has 2 aromatic carbocycles. The van der Waals surface area contributed by atoms with Crippen LogP contribution in [-0.2, 0) is 22.7 Å². The number of piperazine rings is 1. The number of piperidine rings is 1. The number of alkyl carbamates (subject to hydrolysis) is 1. The summed E-state index contributed by atoms with van der Waals surface area (Å²) in [6.07, 6.45) is 1.16. The van der Waals surface area contributed by atoms with E-state index < -0.39 is 12.1 Å². The number of carbonyl (C=O) groups excluding carboxylic acids is 2. The van der Waals surface area contributed by atoms with E-state index in [0.29, 0.717) is 13.1 Å². The first-order chi connectivity index (χ1) is 17.1. The summed E-state index contributed by atoms with van der Waals surface area (Å²) < 4.78 is 10.9. The molecule has 2 aliphatic heterocycles. The fourth-order valence-electron chi connectivity index (χ4n) is 4.85. The molecule has 1 atom stereocenters. The zero-order chi connectivity index (χ0) is 24.5. The van der Waals surface area contributed by atoms with Gasteiger partial charge in [0, 0.05) is 38.3 Å². The highest BCUT2D eigenvalue weighted by Gasteiger charge is 2.35. The Morgan fingerprint density at radius 2 is 1.69 bits per heavy atom. The minimum atomic E-state index is -0.568. The molecule has 2 heterocycles. The second-order valence-corrected chi connectivity index (χ2v) is 9.18. The Labute approximate surface area is 207 Å². The van der Waals surface area contributed by atoms with Gasteiger partial charge in [-0.25, -0.2) is 4.79 Å². The molecule has 2 aliphatic rings. The summed E-state index contributed by atoms with van der Waals surface area (Å²) in [7, 11) is 1.69. The maximum absolute atomic E-state index is 13.6. The van der Waals surface area contributed by atoms with Gasteiger partial charge in [0.05, 0.1) is 7.11 Å². The minimum Gasteiger partial charge on any atom is -0.496 e. The van der Waals surface area contributed by atoms with Crippen LogP contribution in [0.4, 0.5) is 4.79 Å². The third-order valence-electron chi connectivity index (χ3n) is 6.88. The third kappa shape index (κ3) is 6.96. The number of nitrogens with one attached hydrogen (secondary N) is 2. The molecule has 2 N–H and O–H groups in total. The van der Waals surface area contributed by atoms with Crippen LogP contribution in [0.3, 0.4) is 0 Å². The van der Waals surface area contributed by atoms with Crippen molar-refractivity contribution in [2.75, 3.05) is 46.4 Å². The summed E-state index contributed by atoms with van der Waals surface area (Å²) in [5.41, 5.74) is 2.06. The number of para-hydroxylation sites is 1. The molecule has 0 unspecified atom stereocenters. The van der Waals surface area contributed by atoms with Crippen LogP contribution >= 0.6 is 0 Å². The molecule has 188 valence electrons. The van der Waals surface area contributed by atoms with Gasteiger partial charge < -0.3 is 25.0 Å². The fraction of sp³-hybridized carbons (Fsp3) is 0.481. The van der Waals surface area contributed by atoms with Gasteiger partial charge in [0.15, 0.2) is 0 Å². The van der Waals surface area contributed by atoms with Crippen molar-refractivity contribution in [1.82, 2.24) is 20.4 Å². The van der Waals surface area contributed by atoms with Crippen molar-refractivity contribution in [3.63, 3.8) is 0 Å². The van der Waals surface area contributed by atoms with Crippen molar-refractivity contribution < 1.29 is 19.1 Å². The summed E-state index contributed by atoms with van der Waals surface area (Å²) in [6.45, 7) is 5.49. The Bertz CT molecular complexity index is 957. The molecular weight excluding hydrogens is 444 g/mol. The number of nitrogens with zero attached hydrogens (tertiary/aromatic N) is 2. The van der Waals surface area contributed by atoms with Crippen molar-refractivity contribution >= 4 is 12.0 Å². The van der Waals surface area contributed by atoms with E-state index in [1.165, 1.54) is 0 Å². The highest BCUT2D eigenvalue weighted by molar-refractivity contribution is 5.86. The van der Waals surface area contributed by atoms with Crippen molar-refractivity contribution in [3.05, 3.63) is 65.7 Å². The third-order valence-corrected chi connectivity index (χ3v) is 6.88. The molecular formula is C27H36N4O4. The second kappa shape index (κ2) is 12.6. The number of hydrogen-bond acceptors (Lipinski definition) is 6. The Morgan fingerprint density at radius 1 is 1.00 bits per heavy atom. The molecule has 8 heteroatoms. The molecule has 8 nitrogen and oxygen atoms in total. The van der Waals surface area contributed by atoms with Crippen LogP contribution in [0.1, 0.15) is 24.0 Å². The maximum Gasteiger partial charge on any atom is 0.408 e. The maximum atomic E-state index is 13.6. The van der Waals surface area contributed by atoms with E-state index in [1.54, 1.807) is 7.11 Å². The Balaban J connectivity index is 1.34. The quantitative estimate of drug-likeness (QED) is 0.605. The van der Waals surface area contributed by atoms with Crippen molar-refractivity contribution in [2.24, 2.45) is 5.92 Å². The molecule has 0 aromatic heterocycles. The Hall–Kier alpha value is -3.10. The van der Waals surface area contributed by atoms with Gasteiger partial charge in [0.25, 0.3) is 0 Å². The van der Waals surface area contributed by atoms with Crippen LogP contribution in [0, 0.1) is 5.92 Å². The molecule has 2 aromatic rings. The van der Waals surface area contributed by atoms with Crippen molar-refractivity contribution in [3.8, 4) is 5.75 Å². The topological polar surface area (TPSA) is 83.1 Å². The van der Waals surface area contributed by atoms with E-state index in [4.69, 9.17) is 9.47 Å². The monoisotopic (exact) mass is 480 g/mol. The summed E-state index contributed by atoms with van der Waals surface area (Å²) in [4.78, 5) is 30.4. The number of ether oxygens (including phenoxy) is 2. The fourth-order valence-corrected chi connectivity index (χ4v) is 4.85. The predicted octanol–water partition coefficient (Wildman–Crippen LogP) is 2.63. The first-order valence-electron chi connectivity index (χ1n) is 12.4. The Kier molecular flexibility index (Phi) is 8.97. The van der Waals surface area contributed by atoms with E-state index in [2.05, 4.69) is 21.6 Å². The van der Waals surface area contributed by atoms with Gasteiger partial charge in [0.1, 0.15) is 18.4 Å². The smallest absolute Gasteiger partial charge is 0.408 e. The molecule has 0 bridgehead atoms. The largest absolute Gasteiger partial charge is 0.496 e. The molecule has 0 spiro atoms. The van der Waals surface area contributed by atoms with Gasteiger partial charge in [-0.2, -0.15) is 0 Å². The molecule has 2 amide bonds. The predicted molar refractivity (Wildman–Crippen MR) is 134 cm³/mol. The average Bonchev–Trinajstić information content (AvgIpc) is 2.92. The number of rotatable bonds is 8. The Morgan fingerprint density at radius 3 is 2.40 bits per heavy atom. The van der Waals surface area contributed by atoms with E-state index in [-0.39, 0.29) is 18.4 Å². The van der Waals surface area contributed by atoms with Crippen LogP contribution in [0.15, 0.2) is 54.6 Å². The highest BCUT2D eigenvalue weighted by atomic mass is 16.5. The highest BCUT2D eigenvalue weighted by Crippen LogP contribution is 2.22. The second-order valence-electron chi connectivity index (χ2n) is 9.18. The van der Waals surface area contributed by atoms with Crippen LogP contribution in [0.25, 0.3) is 0 Å². The number of benzene rings is 2. The van der Waals surface area contributed by atoms with Gasteiger partial charge in [-0.1, -0.05) is 48.5 Å². The van der Waals surface area contributed by atoms with Crippen LogP contribution in [-0.4, -0.2) is 74.2 Å².